The van der Waals surface area contributed by atoms with Crippen LogP contribution in [0.25, 0.3) is 31.9 Å². The predicted molar refractivity (Wildman–Crippen MR) is 95.3 cm³/mol. The molecule has 120 valence electrons. The minimum Gasteiger partial charge on any atom is -0.508 e. The van der Waals surface area contributed by atoms with Crippen LogP contribution < -0.4 is 0 Å². The molecule has 2 aromatic heterocycles. The average molecular weight is 337 g/mol. The number of rotatable bonds is 3. The van der Waals surface area contributed by atoms with Crippen LogP contribution in [-0.2, 0) is 6.42 Å². The summed E-state index contributed by atoms with van der Waals surface area (Å²) in [5.41, 5.74) is 2.59. The summed E-state index contributed by atoms with van der Waals surface area (Å²) in [6.45, 7) is 1.95. The molecule has 0 radical (unpaired) electrons. The molecule has 2 heterocycles. The number of fused-ring (bicyclic) bond motifs is 1. The number of phenolic OH excluding ortho intramolecular Hbond substituents is 2. The third-order valence-electron chi connectivity index (χ3n) is 4.04. The first-order valence-corrected chi connectivity index (χ1v) is 8.44. The molecule has 0 fully saturated rings. The zero-order valence-electron chi connectivity index (χ0n) is 12.9. The van der Waals surface area contributed by atoms with E-state index in [9.17, 15) is 10.2 Å². The number of nitrogens with one attached hydrogen (secondary N) is 1. The van der Waals surface area contributed by atoms with Gasteiger partial charge in [0.15, 0.2) is 0 Å². The van der Waals surface area contributed by atoms with Crippen LogP contribution in [0.5, 0.6) is 11.5 Å². The minimum atomic E-state index is -0.0130. The molecule has 24 heavy (non-hydrogen) atoms. The van der Waals surface area contributed by atoms with Gasteiger partial charge in [-0.1, -0.05) is 25.1 Å². The Morgan fingerprint density at radius 3 is 2.58 bits per heavy atom. The second kappa shape index (κ2) is 5.65. The highest BCUT2D eigenvalue weighted by Gasteiger charge is 2.19. The Morgan fingerprint density at radius 1 is 1.00 bits per heavy atom. The Labute approximate surface area is 142 Å². The first kappa shape index (κ1) is 14.7. The zero-order chi connectivity index (χ0) is 16.7. The summed E-state index contributed by atoms with van der Waals surface area (Å²) in [4.78, 5) is 0.977. The van der Waals surface area contributed by atoms with Gasteiger partial charge in [-0.05, 0) is 35.6 Å². The topological polar surface area (TPSA) is 82.0 Å². The molecule has 0 unspecified atom stereocenters. The maximum Gasteiger partial charge on any atom is 0.130 e. The van der Waals surface area contributed by atoms with Gasteiger partial charge in [0.1, 0.15) is 22.9 Å². The van der Waals surface area contributed by atoms with Crippen LogP contribution in [0, 0.1) is 0 Å². The van der Waals surface area contributed by atoms with Crippen molar-refractivity contribution in [1.29, 1.82) is 0 Å². The SMILES string of the molecule is CCc1cc(-c2n[nH]nc2-c2cc3ccccc3s2)c(O)cc1O. The lowest BCUT2D eigenvalue weighted by Crippen LogP contribution is -1.88. The highest BCUT2D eigenvalue weighted by atomic mass is 32.1. The minimum absolute atomic E-state index is 0.0130. The molecule has 0 aliphatic carbocycles. The molecule has 5 nitrogen and oxygen atoms in total. The number of nitrogens with zero attached hydrogens (tertiary/aromatic N) is 2. The number of phenols is 2. The fourth-order valence-electron chi connectivity index (χ4n) is 2.78. The Hall–Kier alpha value is -2.86. The smallest absolute Gasteiger partial charge is 0.130 e. The zero-order valence-corrected chi connectivity index (χ0v) is 13.8. The van der Waals surface area contributed by atoms with Gasteiger partial charge < -0.3 is 10.2 Å². The van der Waals surface area contributed by atoms with E-state index in [4.69, 9.17) is 0 Å². The van der Waals surface area contributed by atoms with Gasteiger partial charge in [0.05, 0.1) is 4.88 Å². The summed E-state index contributed by atoms with van der Waals surface area (Å²) in [6, 6.07) is 13.3. The number of thiophene rings is 1. The third-order valence-corrected chi connectivity index (χ3v) is 5.16. The Balaban J connectivity index is 1.89. The molecule has 2 aromatic carbocycles. The predicted octanol–water partition coefficient (Wildman–Crippen LogP) is 4.33. The van der Waals surface area contributed by atoms with Crippen molar-refractivity contribution >= 4 is 21.4 Å². The van der Waals surface area contributed by atoms with Crippen LogP contribution in [-0.4, -0.2) is 25.6 Å². The molecule has 4 aromatic rings. The van der Waals surface area contributed by atoms with Crippen LogP contribution in [0.4, 0.5) is 0 Å². The monoisotopic (exact) mass is 337 g/mol. The van der Waals surface area contributed by atoms with Crippen molar-refractivity contribution in [3.05, 3.63) is 48.0 Å². The number of H-pyrrole nitrogens is 1. The standard InChI is InChI=1S/C18H15N3O2S/c1-2-10-7-12(14(23)9-13(10)22)17-18(20-21-19-17)16-8-11-5-3-4-6-15(11)24-16/h3-9,22-23H,2H2,1H3,(H,19,20,21). The van der Waals surface area contributed by atoms with Crippen LogP contribution in [0.1, 0.15) is 12.5 Å². The fraction of sp³-hybridized carbons (Fsp3) is 0.111. The van der Waals surface area contributed by atoms with E-state index in [0.29, 0.717) is 23.4 Å². The van der Waals surface area contributed by atoms with E-state index >= 15 is 0 Å². The van der Waals surface area contributed by atoms with E-state index in [0.717, 1.165) is 15.8 Å². The van der Waals surface area contributed by atoms with E-state index in [1.165, 1.54) is 10.8 Å². The molecule has 0 aliphatic heterocycles. The Morgan fingerprint density at radius 2 is 1.79 bits per heavy atom. The number of hydrogen-bond donors (Lipinski definition) is 3. The molecule has 0 bridgehead atoms. The number of aromatic amines is 1. The highest BCUT2D eigenvalue weighted by molar-refractivity contribution is 7.22. The lowest BCUT2D eigenvalue weighted by atomic mass is 10.0. The molecular formula is C18H15N3O2S. The summed E-state index contributed by atoms with van der Waals surface area (Å²) in [5.74, 6) is 0.0756. The summed E-state index contributed by atoms with van der Waals surface area (Å²) >= 11 is 1.63. The van der Waals surface area contributed by atoms with E-state index in [1.807, 2.05) is 19.1 Å². The van der Waals surface area contributed by atoms with Gasteiger partial charge in [-0.3, -0.25) is 0 Å². The van der Waals surface area contributed by atoms with Crippen LogP contribution in [0.2, 0.25) is 0 Å². The van der Waals surface area contributed by atoms with E-state index in [-0.39, 0.29) is 11.5 Å². The van der Waals surface area contributed by atoms with Crippen molar-refractivity contribution < 1.29 is 10.2 Å². The Kier molecular flexibility index (Phi) is 3.46. The van der Waals surface area contributed by atoms with Gasteiger partial charge in [-0.25, -0.2) is 0 Å². The number of benzene rings is 2. The summed E-state index contributed by atoms with van der Waals surface area (Å²) in [5, 5.41) is 32.5. The second-order valence-electron chi connectivity index (χ2n) is 5.52. The lowest BCUT2D eigenvalue weighted by molar-refractivity contribution is 0.447. The summed E-state index contributed by atoms with van der Waals surface area (Å²) in [6.07, 6.45) is 0.662. The lowest BCUT2D eigenvalue weighted by Gasteiger charge is -2.07. The molecule has 0 spiro atoms. The van der Waals surface area contributed by atoms with Gasteiger partial charge in [0.2, 0.25) is 0 Å². The summed E-state index contributed by atoms with van der Waals surface area (Å²) < 4.78 is 1.17. The van der Waals surface area contributed by atoms with Crippen molar-refractivity contribution in [1.82, 2.24) is 15.4 Å². The largest absolute Gasteiger partial charge is 0.508 e. The Bertz CT molecular complexity index is 1000. The van der Waals surface area contributed by atoms with Gasteiger partial charge in [-0.15, -0.1) is 11.3 Å². The molecular weight excluding hydrogens is 322 g/mol. The molecule has 0 aliphatic rings. The molecule has 6 heteroatoms. The van der Waals surface area contributed by atoms with Crippen molar-refractivity contribution in [2.75, 3.05) is 0 Å². The summed E-state index contributed by atoms with van der Waals surface area (Å²) in [7, 11) is 0. The van der Waals surface area contributed by atoms with E-state index in [2.05, 4.69) is 33.6 Å². The average Bonchev–Trinajstić information content (AvgIpc) is 3.21. The van der Waals surface area contributed by atoms with Gasteiger partial charge >= 0.3 is 0 Å². The van der Waals surface area contributed by atoms with Crippen molar-refractivity contribution in [2.24, 2.45) is 0 Å². The quantitative estimate of drug-likeness (QED) is 0.520. The van der Waals surface area contributed by atoms with Gasteiger partial charge in [-0.2, -0.15) is 15.4 Å². The number of aromatic hydroxyl groups is 2. The number of aromatic nitrogens is 3. The molecule has 0 amide bonds. The molecule has 0 saturated heterocycles. The normalized spacial score (nSPS) is 11.2. The van der Waals surface area contributed by atoms with Crippen molar-refractivity contribution in [3.8, 4) is 33.3 Å². The maximum absolute atomic E-state index is 10.3. The molecule has 0 atom stereocenters. The van der Waals surface area contributed by atoms with Crippen LogP contribution >= 0.6 is 11.3 Å². The van der Waals surface area contributed by atoms with E-state index < -0.39 is 0 Å². The second-order valence-corrected chi connectivity index (χ2v) is 6.60. The fourth-order valence-corrected chi connectivity index (χ4v) is 3.84. The highest BCUT2D eigenvalue weighted by Crippen LogP contribution is 2.40. The first-order valence-electron chi connectivity index (χ1n) is 7.62. The maximum atomic E-state index is 10.3. The van der Waals surface area contributed by atoms with Gasteiger partial charge in [0.25, 0.3) is 0 Å². The van der Waals surface area contributed by atoms with Crippen LogP contribution in [0.15, 0.2) is 42.5 Å². The van der Waals surface area contributed by atoms with Crippen molar-refractivity contribution in [3.63, 3.8) is 0 Å². The van der Waals surface area contributed by atoms with Crippen molar-refractivity contribution in [2.45, 2.75) is 13.3 Å². The first-order chi connectivity index (χ1) is 11.7. The number of aryl methyl sites for hydroxylation is 1. The van der Waals surface area contributed by atoms with E-state index in [1.54, 1.807) is 17.4 Å². The molecule has 0 saturated carbocycles. The number of hydrogen-bond acceptors (Lipinski definition) is 5. The molecule has 3 N–H and O–H groups in total. The van der Waals surface area contributed by atoms with Gasteiger partial charge in [0, 0.05) is 16.3 Å². The third kappa shape index (κ3) is 2.32. The molecule has 4 rings (SSSR count). The van der Waals surface area contributed by atoms with Crippen LogP contribution in [0.3, 0.4) is 0 Å².